The highest BCUT2D eigenvalue weighted by Crippen LogP contribution is 2.36. The number of amides is 2. The zero-order chi connectivity index (χ0) is 27.5. The van der Waals surface area contributed by atoms with Crippen molar-refractivity contribution >= 4 is 28.7 Å². The van der Waals surface area contributed by atoms with Gasteiger partial charge in [-0.05, 0) is 56.8 Å². The van der Waals surface area contributed by atoms with Crippen LogP contribution in [0.5, 0.6) is 5.75 Å². The first-order valence-corrected chi connectivity index (χ1v) is 12.9. The molecule has 0 spiro atoms. The monoisotopic (exact) mass is 527 g/mol. The van der Waals surface area contributed by atoms with Crippen LogP contribution in [0.1, 0.15) is 23.2 Å². The normalized spacial score (nSPS) is 14.0. The summed E-state index contributed by atoms with van der Waals surface area (Å²) in [6.45, 7) is 1.31. The Bertz CT molecular complexity index is 1500. The number of anilines is 1. The third-order valence-corrected chi connectivity index (χ3v) is 7.42. The number of likely N-dealkylation sites (tertiary alicyclic amines) is 1. The van der Waals surface area contributed by atoms with E-state index in [0.29, 0.717) is 30.4 Å². The summed E-state index contributed by atoms with van der Waals surface area (Å²) in [5, 5.41) is 3.64. The number of carbonyl (C=O) groups is 2. The van der Waals surface area contributed by atoms with E-state index in [4.69, 9.17) is 9.47 Å². The topological polar surface area (TPSA) is 99.8 Å². The number of aromatic amines is 1. The van der Waals surface area contributed by atoms with Crippen LogP contribution in [0.3, 0.4) is 0 Å². The van der Waals surface area contributed by atoms with Crippen molar-refractivity contribution in [2.75, 3.05) is 46.7 Å². The summed E-state index contributed by atoms with van der Waals surface area (Å²) in [6.07, 6.45) is 4.88. The first kappa shape index (κ1) is 26.2. The maximum atomic E-state index is 13.7. The fraction of sp³-hybridized carbons (Fsp3) is 0.300. The summed E-state index contributed by atoms with van der Waals surface area (Å²) in [5.74, 6) is 0.652. The molecule has 1 aliphatic rings. The van der Waals surface area contributed by atoms with Crippen molar-refractivity contribution in [2.45, 2.75) is 18.9 Å². The Kier molecular flexibility index (Phi) is 7.51. The summed E-state index contributed by atoms with van der Waals surface area (Å²) in [6, 6.07) is 15.8. The van der Waals surface area contributed by atoms with Gasteiger partial charge in [0.15, 0.2) is 0 Å². The van der Waals surface area contributed by atoms with Crippen molar-refractivity contribution in [3.8, 4) is 28.0 Å². The number of hydrogen-bond donors (Lipinski definition) is 2. The van der Waals surface area contributed by atoms with Gasteiger partial charge in [-0.25, -0.2) is 9.78 Å². The summed E-state index contributed by atoms with van der Waals surface area (Å²) in [5.41, 5.74) is 5.18. The molecule has 2 amide bonds. The first-order valence-electron chi connectivity index (χ1n) is 12.9. The molecule has 0 bridgehead atoms. The highest BCUT2D eigenvalue weighted by atomic mass is 16.5. The maximum Gasteiger partial charge on any atom is 0.411 e. The number of fused-ring (bicyclic) bond motifs is 1. The number of pyridine rings is 1. The van der Waals surface area contributed by atoms with Gasteiger partial charge >= 0.3 is 6.09 Å². The Balaban J connectivity index is 1.53. The van der Waals surface area contributed by atoms with Gasteiger partial charge in [-0.1, -0.05) is 24.3 Å². The zero-order valence-corrected chi connectivity index (χ0v) is 22.7. The molecule has 1 aliphatic heterocycles. The van der Waals surface area contributed by atoms with Crippen LogP contribution in [0.25, 0.3) is 33.3 Å². The minimum atomic E-state index is -0.625. The van der Waals surface area contributed by atoms with E-state index in [2.05, 4.69) is 40.3 Å². The minimum absolute atomic E-state index is 0.120. The van der Waals surface area contributed by atoms with Gasteiger partial charge < -0.3 is 24.3 Å². The average molecular weight is 528 g/mol. The lowest BCUT2D eigenvalue weighted by Crippen LogP contribution is -2.44. The van der Waals surface area contributed by atoms with Crippen LogP contribution in [0.15, 0.2) is 60.9 Å². The van der Waals surface area contributed by atoms with Gasteiger partial charge in [-0.15, -0.1) is 0 Å². The van der Waals surface area contributed by atoms with E-state index in [-0.39, 0.29) is 5.91 Å². The molecule has 39 heavy (non-hydrogen) atoms. The number of hydrogen-bond acceptors (Lipinski definition) is 6. The third-order valence-electron chi connectivity index (χ3n) is 7.42. The average Bonchev–Trinajstić information content (AvgIpc) is 3.40. The van der Waals surface area contributed by atoms with Gasteiger partial charge in [0, 0.05) is 53.6 Å². The van der Waals surface area contributed by atoms with E-state index in [1.165, 1.54) is 7.11 Å². The van der Waals surface area contributed by atoms with Crippen LogP contribution in [-0.2, 0) is 4.74 Å². The van der Waals surface area contributed by atoms with Crippen LogP contribution in [-0.4, -0.2) is 79.2 Å². The highest BCUT2D eigenvalue weighted by Gasteiger charge is 2.27. The van der Waals surface area contributed by atoms with Gasteiger partial charge in [-0.2, -0.15) is 0 Å². The molecule has 2 N–H and O–H groups in total. The Morgan fingerprint density at radius 2 is 1.79 bits per heavy atom. The molecule has 2 aromatic heterocycles. The Morgan fingerprint density at radius 3 is 2.51 bits per heavy atom. The van der Waals surface area contributed by atoms with Crippen LogP contribution in [0.4, 0.5) is 10.5 Å². The number of rotatable bonds is 6. The SMILES string of the molecule is COC(=O)Nc1ccc(-c2cnc3[nH]cc(-c4ccccc4OC)c3c2)cc1C(=O)N1CCC(N(C)C)CC1. The number of nitrogens with zero attached hydrogens (tertiary/aromatic N) is 3. The van der Waals surface area contributed by atoms with Crippen LogP contribution in [0, 0.1) is 0 Å². The first-order chi connectivity index (χ1) is 18.9. The Hall–Kier alpha value is -4.37. The molecule has 2 aromatic carbocycles. The Labute approximate surface area is 227 Å². The van der Waals surface area contributed by atoms with Gasteiger partial charge in [0.25, 0.3) is 5.91 Å². The molecule has 1 fully saturated rings. The molecule has 0 saturated carbocycles. The number of nitrogens with one attached hydrogen (secondary N) is 2. The molecule has 0 atom stereocenters. The predicted octanol–water partition coefficient (Wildman–Crippen LogP) is 5.25. The molecule has 1 saturated heterocycles. The Morgan fingerprint density at radius 1 is 1.03 bits per heavy atom. The molecule has 5 rings (SSSR count). The number of benzene rings is 2. The van der Waals surface area contributed by atoms with E-state index < -0.39 is 6.09 Å². The summed E-state index contributed by atoms with van der Waals surface area (Å²) in [4.78, 5) is 37.7. The van der Waals surface area contributed by atoms with Gasteiger partial charge in [0.05, 0.1) is 25.5 Å². The van der Waals surface area contributed by atoms with Crippen molar-refractivity contribution in [2.24, 2.45) is 0 Å². The molecule has 0 unspecified atom stereocenters. The standard InChI is InChI=1S/C30H33N5O4/c1-34(2)21-11-13-35(14-12-21)29(36)24-15-19(9-10-26(24)33-30(37)39-4)20-16-23-25(18-32-28(23)31-17-20)22-7-5-6-8-27(22)38-3/h5-10,15-18,21H,11-14H2,1-4H3,(H,31,32)(H,33,37). The molecule has 0 radical (unpaired) electrons. The second-order valence-corrected chi connectivity index (χ2v) is 9.89. The molecule has 202 valence electrons. The van der Waals surface area contributed by atoms with Crippen molar-refractivity contribution in [3.05, 3.63) is 66.5 Å². The summed E-state index contributed by atoms with van der Waals surface area (Å²) in [7, 11) is 7.09. The summed E-state index contributed by atoms with van der Waals surface area (Å²) >= 11 is 0. The van der Waals surface area contributed by atoms with Crippen molar-refractivity contribution in [1.82, 2.24) is 19.8 Å². The lowest BCUT2D eigenvalue weighted by molar-refractivity contribution is 0.0664. The second kappa shape index (κ2) is 11.2. The van der Waals surface area contributed by atoms with Gasteiger partial charge in [0.2, 0.25) is 0 Å². The predicted molar refractivity (Wildman–Crippen MR) is 152 cm³/mol. The fourth-order valence-electron chi connectivity index (χ4n) is 5.18. The summed E-state index contributed by atoms with van der Waals surface area (Å²) < 4.78 is 10.4. The van der Waals surface area contributed by atoms with Crippen molar-refractivity contribution in [1.29, 1.82) is 0 Å². The van der Waals surface area contributed by atoms with E-state index in [9.17, 15) is 9.59 Å². The van der Waals surface area contributed by atoms with E-state index in [1.54, 1.807) is 19.4 Å². The van der Waals surface area contributed by atoms with E-state index in [0.717, 1.165) is 51.9 Å². The molecular weight excluding hydrogens is 494 g/mol. The van der Waals surface area contributed by atoms with Crippen LogP contribution >= 0.6 is 0 Å². The molecule has 4 aromatic rings. The number of aromatic nitrogens is 2. The largest absolute Gasteiger partial charge is 0.496 e. The third kappa shape index (κ3) is 5.31. The number of methoxy groups -OCH3 is 2. The number of para-hydroxylation sites is 1. The van der Waals surface area contributed by atoms with Gasteiger partial charge in [-0.3, -0.25) is 10.1 Å². The molecular formula is C30H33N5O4. The molecule has 0 aliphatic carbocycles. The second-order valence-electron chi connectivity index (χ2n) is 9.89. The number of H-pyrrole nitrogens is 1. The smallest absolute Gasteiger partial charge is 0.411 e. The maximum absolute atomic E-state index is 13.7. The lowest BCUT2D eigenvalue weighted by atomic mass is 9.98. The van der Waals surface area contributed by atoms with Crippen molar-refractivity contribution < 1.29 is 19.1 Å². The zero-order valence-electron chi connectivity index (χ0n) is 22.7. The minimum Gasteiger partial charge on any atom is -0.496 e. The van der Waals surface area contributed by atoms with Crippen LogP contribution < -0.4 is 10.1 Å². The number of piperidine rings is 1. The van der Waals surface area contributed by atoms with Crippen LogP contribution in [0.2, 0.25) is 0 Å². The van der Waals surface area contributed by atoms with E-state index >= 15 is 0 Å². The van der Waals surface area contributed by atoms with Gasteiger partial charge in [0.1, 0.15) is 11.4 Å². The number of ether oxygens (including phenoxy) is 2. The fourth-order valence-corrected chi connectivity index (χ4v) is 5.18. The molecule has 3 heterocycles. The van der Waals surface area contributed by atoms with E-state index in [1.807, 2.05) is 47.5 Å². The quantitative estimate of drug-likeness (QED) is 0.355. The lowest BCUT2D eigenvalue weighted by Gasteiger charge is -2.35. The molecule has 9 heteroatoms. The number of carbonyl (C=O) groups excluding carboxylic acids is 2. The van der Waals surface area contributed by atoms with Crippen molar-refractivity contribution in [3.63, 3.8) is 0 Å². The highest BCUT2D eigenvalue weighted by molar-refractivity contribution is 6.04. The molecule has 9 nitrogen and oxygen atoms in total.